The highest BCUT2D eigenvalue weighted by atomic mass is 16.8. The summed E-state index contributed by atoms with van der Waals surface area (Å²) >= 11 is 0. The van der Waals surface area contributed by atoms with Gasteiger partial charge in [0.15, 0.2) is 49.2 Å². The third-order valence-electron chi connectivity index (χ3n) is 6.92. The van der Waals surface area contributed by atoms with Crippen LogP contribution < -0.4 is 0 Å². The summed E-state index contributed by atoms with van der Waals surface area (Å²) in [6, 6.07) is 0. The van der Waals surface area contributed by atoms with E-state index in [9.17, 15) is 38.4 Å². The Balaban J connectivity index is 2.13. The summed E-state index contributed by atoms with van der Waals surface area (Å²) in [5.74, 6) is -6.17. The normalized spacial score (nSPS) is 28.0. The molecule has 2 rings (SSSR count). The summed E-state index contributed by atoms with van der Waals surface area (Å²) in [6.07, 6.45) is -13.7. The summed E-state index contributed by atoms with van der Waals surface area (Å²) in [6.45, 7) is 7.23. The van der Waals surface area contributed by atoms with E-state index in [0.29, 0.717) is 0 Å². The van der Waals surface area contributed by atoms with Crippen molar-refractivity contribution in [3.8, 4) is 0 Å². The Morgan fingerprint density at radius 3 is 0.943 bits per heavy atom. The maximum atomic E-state index is 12.0. The van der Waals surface area contributed by atoms with Crippen LogP contribution in [0.5, 0.6) is 0 Å². The van der Waals surface area contributed by atoms with E-state index in [4.69, 9.17) is 61.6 Å². The topological polar surface area (TPSA) is 257 Å². The number of hydrogen-bond donors (Lipinski definition) is 0. The molecule has 0 spiro atoms. The predicted octanol–water partition coefficient (Wildman–Crippen LogP) is -0.798. The minimum absolute atomic E-state index is 0.130. The number of carbonyl (C=O) groups excluding carboxylic acids is 8. The molecule has 0 N–H and O–H groups in total. The van der Waals surface area contributed by atoms with Crippen LogP contribution in [-0.4, -0.2) is 149 Å². The monoisotopic (exact) mass is 766 g/mol. The van der Waals surface area contributed by atoms with Gasteiger partial charge in [0.1, 0.15) is 25.4 Å². The predicted molar refractivity (Wildman–Crippen MR) is 167 cm³/mol. The average molecular weight is 767 g/mol. The maximum Gasteiger partial charge on any atom is 0.303 e. The molecule has 0 amide bonds. The molecule has 0 bridgehead atoms. The largest absolute Gasteiger partial charge is 0.463 e. The number of hydrogen-bond acceptors (Lipinski definition) is 21. The molecular formula is C32H46O21. The van der Waals surface area contributed by atoms with Crippen LogP contribution in [0, 0.1) is 0 Å². The van der Waals surface area contributed by atoms with Crippen LogP contribution in [0.3, 0.4) is 0 Å². The molecule has 53 heavy (non-hydrogen) atoms. The molecular weight excluding hydrogens is 720 g/mol. The third kappa shape index (κ3) is 15.6. The molecule has 2 aliphatic heterocycles. The molecule has 21 nitrogen and oxygen atoms in total. The fourth-order valence-electron chi connectivity index (χ4n) is 5.19. The molecule has 300 valence electrons. The molecule has 2 saturated heterocycles. The molecule has 0 saturated carbocycles. The lowest BCUT2D eigenvalue weighted by Crippen LogP contribution is -2.63. The second-order valence-corrected chi connectivity index (χ2v) is 11.5. The minimum Gasteiger partial charge on any atom is -0.463 e. The van der Waals surface area contributed by atoms with Gasteiger partial charge in [-0.15, -0.1) is 0 Å². The lowest BCUT2D eigenvalue weighted by Gasteiger charge is -2.44. The van der Waals surface area contributed by atoms with Crippen LogP contribution in [-0.2, 0) is 99.9 Å². The Morgan fingerprint density at radius 2 is 0.660 bits per heavy atom. The van der Waals surface area contributed by atoms with Crippen molar-refractivity contribution >= 4 is 47.8 Å². The van der Waals surface area contributed by atoms with Crippen molar-refractivity contribution < 1.29 is 99.9 Å². The number of esters is 8. The zero-order valence-corrected chi connectivity index (χ0v) is 30.6. The van der Waals surface area contributed by atoms with Crippen LogP contribution in [0.4, 0.5) is 0 Å². The smallest absolute Gasteiger partial charge is 0.303 e. The Labute approximate surface area is 304 Å². The summed E-state index contributed by atoms with van der Waals surface area (Å²) < 4.78 is 70.9. The molecule has 2 heterocycles. The summed E-state index contributed by atoms with van der Waals surface area (Å²) in [7, 11) is 0. The van der Waals surface area contributed by atoms with Gasteiger partial charge in [0.05, 0.1) is 26.4 Å². The Bertz CT molecular complexity index is 1200. The van der Waals surface area contributed by atoms with Gasteiger partial charge in [-0.1, -0.05) is 0 Å². The Morgan fingerprint density at radius 1 is 0.377 bits per heavy atom. The second kappa shape index (κ2) is 21.9. The molecule has 2 fully saturated rings. The summed E-state index contributed by atoms with van der Waals surface area (Å²) in [5.41, 5.74) is 0. The first kappa shape index (κ1) is 44.7. The third-order valence-corrected chi connectivity index (χ3v) is 6.92. The van der Waals surface area contributed by atoms with Gasteiger partial charge in [0, 0.05) is 55.4 Å². The van der Waals surface area contributed by atoms with Crippen molar-refractivity contribution in [2.75, 3.05) is 39.6 Å². The molecule has 0 radical (unpaired) electrons. The lowest BCUT2D eigenvalue weighted by atomic mass is 9.98. The van der Waals surface area contributed by atoms with E-state index in [1.165, 1.54) is 0 Å². The number of rotatable bonds is 18. The van der Waals surface area contributed by atoms with E-state index in [-0.39, 0.29) is 26.4 Å². The van der Waals surface area contributed by atoms with Gasteiger partial charge in [-0.2, -0.15) is 0 Å². The molecule has 21 heteroatoms. The van der Waals surface area contributed by atoms with Crippen molar-refractivity contribution in [1.82, 2.24) is 0 Å². The summed E-state index contributed by atoms with van der Waals surface area (Å²) in [4.78, 5) is 94.9. The molecule has 2 aliphatic rings. The molecule has 0 aromatic rings. The highest BCUT2D eigenvalue weighted by Gasteiger charge is 2.54. The zero-order valence-electron chi connectivity index (χ0n) is 30.6. The van der Waals surface area contributed by atoms with Crippen LogP contribution in [0.2, 0.25) is 0 Å². The maximum absolute atomic E-state index is 12.0. The van der Waals surface area contributed by atoms with Gasteiger partial charge in [0.25, 0.3) is 0 Å². The van der Waals surface area contributed by atoms with Crippen LogP contribution >= 0.6 is 0 Å². The first-order valence-electron chi connectivity index (χ1n) is 16.3. The summed E-state index contributed by atoms with van der Waals surface area (Å²) in [5, 5.41) is 0. The Hall–Kier alpha value is -4.44. The van der Waals surface area contributed by atoms with Gasteiger partial charge in [-0.05, 0) is 0 Å². The first-order valence-corrected chi connectivity index (χ1v) is 16.3. The van der Waals surface area contributed by atoms with Crippen molar-refractivity contribution in [2.24, 2.45) is 0 Å². The van der Waals surface area contributed by atoms with Gasteiger partial charge in [0.2, 0.25) is 0 Å². The molecule has 10 atom stereocenters. The average Bonchev–Trinajstić information content (AvgIpc) is 3.02. The standard InChI is InChI=1S/C32H46O21/c1-15(33)44-13-23-25(46-17(3)35)27(48-19(5)37)29(50-21(7)39)31(52-23)42-11-9-41-10-12-43-32-30(51-22(8)40)28(49-20(6)38)26(47-18(4)36)24(53-32)14-45-16(2)34/h23-32H,9-14H2,1-8H3/t23-,24-,25-,26-,27+,28+,29-,30-,31-,32-/m1/s1. The van der Waals surface area contributed by atoms with Crippen molar-refractivity contribution in [3.05, 3.63) is 0 Å². The van der Waals surface area contributed by atoms with E-state index in [0.717, 1.165) is 55.4 Å². The van der Waals surface area contributed by atoms with Gasteiger partial charge >= 0.3 is 47.8 Å². The highest BCUT2D eigenvalue weighted by Crippen LogP contribution is 2.31. The molecule has 0 unspecified atom stereocenters. The van der Waals surface area contributed by atoms with Crippen LogP contribution in [0.1, 0.15) is 55.4 Å². The van der Waals surface area contributed by atoms with Crippen molar-refractivity contribution in [3.63, 3.8) is 0 Å². The van der Waals surface area contributed by atoms with Crippen molar-refractivity contribution in [1.29, 1.82) is 0 Å². The van der Waals surface area contributed by atoms with Crippen LogP contribution in [0.15, 0.2) is 0 Å². The molecule has 0 aromatic heterocycles. The van der Waals surface area contributed by atoms with E-state index >= 15 is 0 Å². The van der Waals surface area contributed by atoms with Crippen molar-refractivity contribution in [2.45, 2.75) is 117 Å². The fourth-order valence-corrected chi connectivity index (χ4v) is 5.19. The van der Waals surface area contributed by atoms with E-state index < -0.39 is 122 Å². The highest BCUT2D eigenvalue weighted by molar-refractivity contribution is 5.70. The van der Waals surface area contributed by atoms with E-state index in [1.54, 1.807) is 0 Å². The Kier molecular flexibility index (Phi) is 18.5. The number of carbonyl (C=O) groups is 8. The second-order valence-electron chi connectivity index (χ2n) is 11.5. The lowest BCUT2D eigenvalue weighted by molar-refractivity contribution is -0.311. The van der Waals surface area contributed by atoms with Gasteiger partial charge in [-0.25, -0.2) is 0 Å². The SMILES string of the molecule is CC(=O)OC[C@H]1O[C@@H](OCCOCCO[C@@H]2O[C@H](COC(C)=O)[C@@H](OC(C)=O)[C@H](OC(C)=O)[C@H]2OC(C)=O)[C@H](OC(C)=O)[C@@H](OC(C)=O)[C@@H]1OC(C)=O. The van der Waals surface area contributed by atoms with E-state index in [1.807, 2.05) is 0 Å². The van der Waals surface area contributed by atoms with Gasteiger partial charge in [-0.3, -0.25) is 38.4 Å². The first-order chi connectivity index (χ1) is 24.9. The fraction of sp³-hybridized carbons (Fsp3) is 0.750. The quantitative estimate of drug-likeness (QED) is 0.0940. The minimum atomic E-state index is -1.43. The molecule has 0 aromatic carbocycles. The van der Waals surface area contributed by atoms with Gasteiger partial charge < -0.3 is 61.6 Å². The number of ether oxygens (including phenoxy) is 13. The zero-order chi connectivity index (χ0) is 39.8. The van der Waals surface area contributed by atoms with Crippen LogP contribution in [0.25, 0.3) is 0 Å². The van der Waals surface area contributed by atoms with E-state index in [2.05, 4.69) is 0 Å². The molecule has 0 aliphatic carbocycles.